The number of β-amino-alcohol motifs (C(OH)–C–C–N with tert-alkyl or cyclic N) is 1. The Hall–Kier alpha value is -0.750. The summed E-state index contributed by atoms with van der Waals surface area (Å²) in [5, 5.41) is 18.1. The van der Waals surface area contributed by atoms with E-state index in [-0.39, 0.29) is 25.3 Å². The second kappa shape index (κ2) is 4.65. The number of likely N-dealkylation sites (tertiary alicyclic amines) is 1. The molecule has 0 bridgehead atoms. The van der Waals surface area contributed by atoms with Crippen molar-refractivity contribution in [3.05, 3.63) is 0 Å². The van der Waals surface area contributed by atoms with Crippen molar-refractivity contribution in [3.8, 4) is 0 Å². The summed E-state index contributed by atoms with van der Waals surface area (Å²) >= 11 is 3.90. The van der Waals surface area contributed by atoms with Crippen LogP contribution in [0.5, 0.6) is 0 Å². The van der Waals surface area contributed by atoms with Crippen LogP contribution in [-0.4, -0.2) is 51.4 Å². The second-order valence-electron chi connectivity index (χ2n) is 3.26. The summed E-state index contributed by atoms with van der Waals surface area (Å²) < 4.78 is 0. The number of carboxylic acids is 1. The van der Waals surface area contributed by atoms with Crippen molar-refractivity contribution in [3.63, 3.8) is 0 Å². The van der Waals surface area contributed by atoms with Gasteiger partial charge in [-0.25, -0.2) is 4.79 Å². The van der Waals surface area contributed by atoms with Crippen molar-refractivity contribution in [2.45, 2.75) is 25.0 Å². The molecule has 0 spiro atoms. The summed E-state index contributed by atoms with van der Waals surface area (Å²) in [6, 6.07) is -0.877. The summed E-state index contributed by atoms with van der Waals surface area (Å²) in [6.07, 6.45) is -0.396. The highest BCUT2D eigenvalue weighted by molar-refractivity contribution is 7.80. The highest BCUT2D eigenvalue weighted by Crippen LogP contribution is 2.19. The summed E-state index contributed by atoms with van der Waals surface area (Å²) in [5.74, 6) is -0.935. The van der Waals surface area contributed by atoms with Gasteiger partial charge in [-0.05, 0) is 5.75 Å². The highest BCUT2D eigenvalue weighted by atomic mass is 32.1. The first-order valence-electron chi connectivity index (χ1n) is 4.37. The monoisotopic (exact) mass is 219 g/mol. The van der Waals surface area contributed by atoms with Crippen molar-refractivity contribution >= 4 is 24.5 Å². The lowest BCUT2D eigenvalue weighted by atomic mass is 10.2. The number of thiol groups is 1. The number of amides is 1. The fourth-order valence-electron chi connectivity index (χ4n) is 1.56. The Labute approximate surface area is 87.1 Å². The Morgan fingerprint density at radius 2 is 2.14 bits per heavy atom. The molecule has 14 heavy (non-hydrogen) atoms. The molecule has 1 saturated heterocycles. The van der Waals surface area contributed by atoms with Crippen molar-refractivity contribution in [2.24, 2.45) is 0 Å². The van der Waals surface area contributed by atoms with Gasteiger partial charge in [0.25, 0.3) is 0 Å². The molecule has 80 valence electrons. The third-order valence-corrected chi connectivity index (χ3v) is 2.43. The number of rotatable bonds is 3. The number of carbonyl (C=O) groups is 2. The molecule has 0 aliphatic carbocycles. The topological polar surface area (TPSA) is 77.8 Å². The predicted octanol–water partition coefficient (Wildman–Crippen LogP) is -0.647. The van der Waals surface area contributed by atoms with Crippen LogP contribution < -0.4 is 0 Å². The molecule has 2 N–H and O–H groups in total. The quantitative estimate of drug-likeness (QED) is 0.551. The van der Waals surface area contributed by atoms with Crippen LogP contribution in [0.1, 0.15) is 12.8 Å². The minimum atomic E-state index is -1.06. The SMILES string of the molecule is O=C(O)[C@@H]1CC(O)CN1C(=O)CCS. The van der Waals surface area contributed by atoms with E-state index in [1.54, 1.807) is 0 Å². The molecule has 1 fully saturated rings. The molecule has 0 aromatic heterocycles. The van der Waals surface area contributed by atoms with Gasteiger partial charge in [0.2, 0.25) is 5.91 Å². The molecular weight excluding hydrogens is 206 g/mol. The van der Waals surface area contributed by atoms with Crippen molar-refractivity contribution in [1.29, 1.82) is 0 Å². The summed E-state index contributed by atoms with van der Waals surface area (Å²) in [4.78, 5) is 23.4. The van der Waals surface area contributed by atoms with E-state index in [9.17, 15) is 14.7 Å². The Bertz CT molecular complexity index is 245. The molecule has 2 atom stereocenters. The van der Waals surface area contributed by atoms with Gasteiger partial charge in [-0.1, -0.05) is 0 Å². The van der Waals surface area contributed by atoms with Crippen LogP contribution in [0.15, 0.2) is 0 Å². The van der Waals surface area contributed by atoms with E-state index in [0.717, 1.165) is 0 Å². The number of aliphatic carboxylic acids is 1. The second-order valence-corrected chi connectivity index (χ2v) is 3.71. The van der Waals surface area contributed by atoms with Gasteiger partial charge in [-0.15, -0.1) is 0 Å². The minimum Gasteiger partial charge on any atom is -0.480 e. The number of aliphatic hydroxyl groups excluding tert-OH is 1. The van der Waals surface area contributed by atoms with Crippen LogP contribution in [0.25, 0.3) is 0 Å². The Morgan fingerprint density at radius 3 is 2.64 bits per heavy atom. The first kappa shape index (κ1) is 11.3. The minimum absolute atomic E-state index is 0.115. The largest absolute Gasteiger partial charge is 0.480 e. The van der Waals surface area contributed by atoms with Crippen molar-refractivity contribution in [2.75, 3.05) is 12.3 Å². The van der Waals surface area contributed by atoms with E-state index < -0.39 is 18.1 Å². The Balaban J connectivity index is 2.66. The molecule has 1 aliphatic heterocycles. The summed E-state index contributed by atoms with van der Waals surface area (Å²) in [7, 11) is 0. The van der Waals surface area contributed by atoms with Crippen LogP contribution in [0.3, 0.4) is 0 Å². The average molecular weight is 219 g/mol. The zero-order valence-corrected chi connectivity index (χ0v) is 8.48. The maximum absolute atomic E-state index is 11.4. The third-order valence-electron chi connectivity index (χ3n) is 2.21. The first-order chi connectivity index (χ1) is 6.56. The van der Waals surface area contributed by atoms with Gasteiger partial charge in [-0.3, -0.25) is 4.79 Å². The van der Waals surface area contributed by atoms with E-state index in [1.807, 2.05) is 0 Å². The lowest BCUT2D eigenvalue weighted by Gasteiger charge is -2.20. The van der Waals surface area contributed by atoms with Crippen LogP contribution in [0.2, 0.25) is 0 Å². The fraction of sp³-hybridized carbons (Fsp3) is 0.750. The summed E-state index contributed by atoms with van der Waals surface area (Å²) in [6.45, 7) is 0.115. The molecule has 1 heterocycles. The molecule has 0 aromatic carbocycles. The van der Waals surface area contributed by atoms with Crippen LogP contribution >= 0.6 is 12.6 Å². The first-order valence-corrected chi connectivity index (χ1v) is 5.00. The Kier molecular flexibility index (Phi) is 3.77. The molecule has 1 rings (SSSR count). The van der Waals surface area contributed by atoms with Gasteiger partial charge in [0.15, 0.2) is 0 Å². The van der Waals surface area contributed by atoms with Crippen LogP contribution in [-0.2, 0) is 9.59 Å². The molecular formula is C8H13NO4S. The molecule has 1 aliphatic rings. The standard InChI is InChI=1S/C8H13NO4S/c10-5-3-6(8(12)13)9(4-5)7(11)1-2-14/h5-6,10,14H,1-4H2,(H,12,13)/t5?,6-/m0/s1. The Morgan fingerprint density at radius 1 is 1.50 bits per heavy atom. The van der Waals surface area contributed by atoms with Gasteiger partial charge in [-0.2, -0.15) is 12.6 Å². The van der Waals surface area contributed by atoms with Gasteiger partial charge in [0.1, 0.15) is 6.04 Å². The fourth-order valence-corrected chi connectivity index (χ4v) is 1.75. The zero-order chi connectivity index (χ0) is 10.7. The molecule has 1 unspecified atom stereocenters. The van der Waals surface area contributed by atoms with Crippen molar-refractivity contribution < 1.29 is 19.8 Å². The highest BCUT2D eigenvalue weighted by Gasteiger charge is 2.38. The third kappa shape index (κ3) is 2.39. The van der Waals surface area contributed by atoms with E-state index in [0.29, 0.717) is 5.75 Å². The molecule has 0 saturated carbocycles. The summed E-state index contributed by atoms with van der Waals surface area (Å²) in [5.41, 5.74) is 0. The zero-order valence-electron chi connectivity index (χ0n) is 7.59. The number of carbonyl (C=O) groups excluding carboxylic acids is 1. The smallest absolute Gasteiger partial charge is 0.326 e. The van der Waals surface area contributed by atoms with E-state index in [2.05, 4.69) is 12.6 Å². The van der Waals surface area contributed by atoms with Gasteiger partial charge in [0, 0.05) is 19.4 Å². The van der Waals surface area contributed by atoms with Gasteiger partial charge in [0.05, 0.1) is 6.10 Å². The van der Waals surface area contributed by atoms with Gasteiger partial charge >= 0.3 is 5.97 Å². The van der Waals surface area contributed by atoms with Crippen LogP contribution in [0, 0.1) is 0 Å². The van der Waals surface area contributed by atoms with E-state index in [1.165, 1.54) is 4.90 Å². The molecule has 6 heteroatoms. The number of hydrogen-bond acceptors (Lipinski definition) is 4. The lowest BCUT2D eigenvalue weighted by Crippen LogP contribution is -2.40. The normalized spacial score (nSPS) is 26.6. The maximum atomic E-state index is 11.4. The van der Waals surface area contributed by atoms with Crippen molar-refractivity contribution in [1.82, 2.24) is 4.90 Å². The molecule has 0 radical (unpaired) electrons. The lowest BCUT2D eigenvalue weighted by molar-refractivity contribution is -0.148. The number of aliphatic hydroxyl groups is 1. The number of carboxylic acid groups (broad SMARTS) is 1. The van der Waals surface area contributed by atoms with Gasteiger partial charge < -0.3 is 15.1 Å². The maximum Gasteiger partial charge on any atom is 0.326 e. The molecule has 5 nitrogen and oxygen atoms in total. The van der Waals surface area contributed by atoms with E-state index in [4.69, 9.17) is 5.11 Å². The molecule has 1 amide bonds. The number of hydrogen-bond donors (Lipinski definition) is 3. The van der Waals surface area contributed by atoms with Crippen LogP contribution in [0.4, 0.5) is 0 Å². The average Bonchev–Trinajstić information content (AvgIpc) is 2.48. The van der Waals surface area contributed by atoms with E-state index >= 15 is 0 Å². The predicted molar refractivity (Wildman–Crippen MR) is 52.2 cm³/mol. The number of nitrogens with zero attached hydrogens (tertiary/aromatic N) is 1. The molecule has 0 aromatic rings.